The molecule has 0 spiro atoms. The van der Waals surface area contributed by atoms with E-state index in [9.17, 15) is 4.79 Å². The molecular formula is C15H22N2O3. The fourth-order valence-corrected chi connectivity index (χ4v) is 2.06. The number of carbonyl (C=O) groups is 1. The van der Waals surface area contributed by atoms with Gasteiger partial charge in [0.1, 0.15) is 5.75 Å². The Hall–Kier alpha value is -1.59. The number of ether oxygens (including phenoxy) is 2. The molecule has 2 rings (SSSR count). The Balaban J connectivity index is 1.91. The normalized spacial score (nSPS) is 15.5. The van der Waals surface area contributed by atoms with Crippen molar-refractivity contribution in [2.75, 3.05) is 25.1 Å². The summed E-state index contributed by atoms with van der Waals surface area (Å²) in [5, 5.41) is 6.21. The van der Waals surface area contributed by atoms with Crippen LogP contribution in [0.5, 0.6) is 5.75 Å². The molecule has 0 saturated heterocycles. The highest BCUT2D eigenvalue weighted by Gasteiger charge is 2.17. The van der Waals surface area contributed by atoms with Crippen LogP contribution < -0.4 is 15.4 Å². The SMILES string of the molecule is CC(C)OCCNC(C)c1ccc2c(c1)NC(=O)CO2. The zero-order valence-corrected chi connectivity index (χ0v) is 12.2. The summed E-state index contributed by atoms with van der Waals surface area (Å²) in [7, 11) is 0. The quantitative estimate of drug-likeness (QED) is 0.782. The lowest BCUT2D eigenvalue weighted by Gasteiger charge is -2.21. The molecule has 1 unspecified atom stereocenters. The van der Waals surface area contributed by atoms with E-state index < -0.39 is 0 Å². The molecule has 1 aromatic rings. The van der Waals surface area contributed by atoms with E-state index in [1.54, 1.807) is 0 Å². The van der Waals surface area contributed by atoms with Gasteiger partial charge in [0, 0.05) is 12.6 Å². The Kier molecular flexibility index (Phi) is 4.98. The summed E-state index contributed by atoms with van der Waals surface area (Å²) in [5.41, 5.74) is 1.85. The number of benzene rings is 1. The minimum absolute atomic E-state index is 0.0900. The Morgan fingerprint density at radius 2 is 2.20 bits per heavy atom. The number of anilines is 1. The monoisotopic (exact) mass is 278 g/mol. The lowest BCUT2D eigenvalue weighted by Crippen LogP contribution is -2.27. The summed E-state index contributed by atoms with van der Waals surface area (Å²) in [4.78, 5) is 11.3. The number of fused-ring (bicyclic) bond motifs is 1. The van der Waals surface area contributed by atoms with Crippen LogP contribution in [0, 0.1) is 0 Å². The highest BCUT2D eigenvalue weighted by molar-refractivity contribution is 5.95. The van der Waals surface area contributed by atoms with E-state index in [0.717, 1.165) is 23.5 Å². The number of rotatable bonds is 6. The van der Waals surface area contributed by atoms with Gasteiger partial charge in [0.2, 0.25) is 0 Å². The minimum atomic E-state index is -0.111. The average Bonchev–Trinajstić information content (AvgIpc) is 2.42. The van der Waals surface area contributed by atoms with Crippen molar-refractivity contribution in [1.82, 2.24) is 5.32 Å². The molecule has 1 aliphatic heterocycles. The van der Waals surface area contributed by atoms with Gasteiger partial charge in [-0.3, -0.25) is 4.79 Å². The van der Waals surface area contributed by atoms with Crippen LogP contribution in [0.25, 0.3) is 0 Å². The summed E-state index contributed by atoms with van der Waals surface area (Å²) < 4.78 is 10.8. The molecule has 5 nitrogen and oxygen atoms in total. The first-order chi connectivity index (χ1) is 9.56. The minimum Gasteiger partial charge on any atom is -0.482 e. The smallest absolute Gasteiger partial charge is 0.262 e. The van der Waals surface area contributed by atoms with Crippen LogP contribution >= 0.6 is 0 Å². The molecule has 1 amide bonds. The molecule has 5 heteroatoms. The first kappa shape index (κ1) is 14.8. The van der Waals surface area contributed by atoms with Gasteiger partial charge < -0.3 is 20.1 Å². The predicted octanol–water partition coefficient (Wildman–Crippen LogP) is 2.09. The van der Waals surface area contributed by atoms with E-state index in [4.69, 9.17) is 9.47 Å². The predicted molar refractivity (Wildman–Crippen MR) is 78.1 cm³/mol. The maximum absolute atomic E-state index is 11.3. The average molecular weight is 278 g/mol. The van der Waals surface area contributed by atoms with E-state index in [1.807, 2.05) is 32.0 Å². The van der Waals surface area contributed by atoms with E-state index in [1.165, 1.54) is 0 Å². The summed E-state index contributed by atoms with van der Waals surface area (Å²) in [6.07, 6.45) is 0.253. The van der Waals surface area contributed by atoms with Crippen LogP contribution in [-0.2, 0) is 9.53 Å². The third kappa shape index (κ3) is 3.95. The molecule has 1 aromatic carbocycles. The molecule has 2 N–H and O–H groups in total. The Morgan fingerprint density at radius 1 is 1.40 bits per heavy atom. The van der Waals surface area contributed by atoms with E-state index in [-0.39, 0.29) is 24.7 Å². The molecule has 0 fully saturated rings. The summed E-state index contributed by atoms with van der Waals surface area (Å²) >= 11 is 0. The second kappa shape index (κ2) is 6.72. The molecule has 0 aromatic heterocycles. The van der Waals surface area contributed by atoms with Crippen molar-refractivity contribution >= 4 is 11.6 Å². The highest BCUT2D eigenvalue weighted by atomic mass is 16.5. The summed E-state index contributed by atoms with van der Waals surface area (Å²) in [6, 6.07) is 6.05. The Morgan fingerprint density at radius 3 is 2.95 bits per heavy atom. The largest absolute Gasteiger partial charge is 0.482 e. The van der Waals surface area contributed by atoms with Gasteiger partial charge in [-0.2, -0.15) is 0 Å². The van der Waals surface area contributed by atoms with Crippen LogP contribution in [0.1, 0.15) is 32.4 Å². The van der Waals surface area contributed by atoms with Gasteiger partial charge in [0.05, 0.1) is 18.4 Å². The molecule has 0 saturated carbocycles. The van der Waals surface area contributed by atoms with E-state index >= 15 is 0 Å². The molecule has 0 bridgehead atoms. The molecule has 20 heavy (non-hydrogen) atoms. The van der Waals surface area contributed by atoms with E-state index in [2.05, 4.69) is 17.6 Å². The number of nitrogens with one attached hydrogen (secondary N) is 2. The second-order valence-electron chi connectivity index (χ2n) is 5.19. The Labute approximate surface area is 119 Å². The number of hydrogen-bond acceptors (Lipinski definition) is 4. The molecule has 1 aliphatic rings. The lowest BCUT2D eigenvalue weighted by atomic mass is 10.1. The molecule has 0 aliphatic carbocycles. The van der Waals surface area contributed by atoms with Crippen LogP contribution in [0.2, 0.25) is 0 Å². The van der Waals surface area contributed by atoms with Crippen molar-refractivity contribution < 1.29 is 14.3 Å². The molecule has 110 valence electrons. The van der Waals surface area contributed by atoms with Crippen molar-refractivity contribution in [2.45, 2.75) is 32.9 Å². The lowest BCUT2D eigenvalue weighted by molar-refractivity contribution is -0.118. The topological polar surface area (TPSA) is 59.6 Å². The fraction of sp³-hybridized carbons (Fsp3) is 0.533. The number of amides is 1. The zero-order chi connectivity index (χ0) is 14.5. The maximum Gasteiger partial charge on any atom is 0.262 e. The first-order valence-corrected chi connectivity index (χ1v) is 6.98. The third-order valence-corrected chi connectivity index (χ3v) is 3.14. The van der Waals surface area contributed by atoms with Crippen molar-refractivity contribution in [2.24, 2.45) is 0 Å². The first-order valence-electron chi connectivity index (χ1n) is 6.98. The van der Waals surface area contributed by atoms with Crippen LogP contribution in [-0.4, -0.2) is 31.8 Å². The van der Waals surface area contributed by atoms with Crippen molar-refractivity contribution in [1.29, 1.82) is 0 Å². The standard InChI is InChI=1S/C15H22N2O3/c1-10(2)19-7-6-16-11(3)12-4-5-14-13(8-12)17-15(18)9-20-14/h4-5,8,10-11,16H,6-7,9H2,1-3H3,(H,17,18). The van der Waals surface area contributed by atoms with Gasteiger partial charge in [0.15, 0.2) is 6.61 Å². The van der Waals surface area contributed by atoms with Crippen LogP contribution in [0.3, 0.4) is 0 Å². The van der Waals surface area contributed by atoms with Crippen molar-refractivity contribution in [3.8, 4) is 5.75 Å². The molecule has 0 radical (unpaired) electrons. The summed E-state index contributed by atoms with van der Waals surface area (Å²) in [5.74, 6) is 0.615. The van der Waals surface area contributed by atoms with Crippen LogP contribution in [0.4, 0.5) is 5.69 Å². The summed E-state index contributed by atoms with van der Waals surface area (Å²) in [6.45, 7) is 7.70. The highest BCUT2D eigenvalue weighted by Crippen LogP contribution is 2.30. The second-order valence-corrected chi connectivity index (χ2v) is 5.19. The number of carbonyl (C=O) groups excluding carboxylic acids is 1. The zero-order valence-electron chi connectivity index (χ0n) is 12.2. The van der Waals surface area contributed by atoms with Gasteiger partial charge >= 0.3 is 0 Å². The maximum atomic E-state index is 11.3. The number of hydrogen-bond donors (Lipinski definition) is 2. The van der Waals surface area contributed by atoms with Crippen LogP contribution in [0.15, 0.2) is 18.2 Å². The van der Waals surface area contributed by atoms with Gasteiger partial charge in [-0.25, -0.2) is 0 Å². The Bertz CT molecular complexity index is 474. The molecular weight excluding hydrogens is 256 g/mol. The van der Waals surface area contributed by atoms with Gasteiger partial charge in [-0.1, -0.05) is 6.07 Å². The van der Waals surface area contributed by atoms with Gasteiger partial charge in [-0.15, -0.1) is 0 Å². The van der Waals surface area contributed by atoms with E-state index in [0.29, 0.717) is 6.61 Å². The fourth-order valence-electron chi connectivity index (χ4n) is 2.06. The van der Waals surface area contributed by atoms with Gasteiger partial charge in [-0.05, 0) is 38.5 Å². The van der Waals surface area contributed by atoms with Crippen molar-refractivity contribution in [3.05, 3.63) is 23.8 Å². The third-order valence-electron chi connectivity index (χ3n) is 3.14. The molecule has 1 atom stereocenters. The molecule has 1 heterocycles. The van der Waals surface area contributed by atoms with Gasteiger partial charge in [0.25, 0.3) is 5.91 Å². The van der Waals surface area contributed by atoms with Crippen molar-refractivity contribution in [3.63, 3.8) is 0 Å².